The van der Waals surface area contributed by atoms with Gasteiger partial charge in [0.05, 0.1) is 17.9 Å². The van der Waals surface area contributed by atoms with Crippen molar-refractivity contribution in [1.29, 1.82) is 0 Å². The average Bonchev–Trinajstić information content (AvgIpc) is 3.49. The summed E-state index contributed by atoms with van der Waals surface area (Å²) in [6.07, 6.45) is 7.02. The maximum absolute atomic E-state index is 13.9. The Kier molecular flexibility index (Phi) is 6.66. The lowest BCUT2D eigenvalue weighted by Gasteiger charge is -2.39. The third kappa shape index (κ3) is 3.95. The van der Waals surface area contributed by atoms with Crippen LogP contribution in [0.5, 0.6) is 0 Å². The van der Waals surface area contributed by atoms with Gasteiger partial charge in [0.15, 0.2) is 0 Å². The molecule has 0 aromatic heterocycles. The molecule has 1 aromatic rings. The Morgan fingerprint density at radius 1 is 1.25 bits per heavy atom. The van der Waals surface area contributed by atoms with Crippen molar-refractivity contribution in [3.05, 3.63) is 41.4 Å². The van der Waals surface area contributed by atoms with Crippen LogP contribution in [0.2, 0.25) is 5.02 Å². The third-order valence-corrected chi connectivity index (χ3v) is 9.29. The van der Waals surface area contributed by atoms with Gasteiger partial charge in [0.1, 0.15) is 11.6 Å². The Morgan fingerprint density at radius 3 is 2.75 bits per heavy atom. The number of nitrogens with one attached hydrogen (secondary N) is 2. The van der Waals surface area contributed by atoms with E-state index in [1.165, 1.54) is 0 Å². The summed E-state index contributed by atoms with van der Waals surface area (Å²) in [5.74, 6) is -1.25. The summed E-state index contributed by atoms with van der Waals surface area (Å²) in [4.78, 5) is 43.0. The van der Waals surface area contributed by atoms with E-state index in [0.717, 1.165) is 19.3 Å². The van der Waals surface area contributed by atoms with Crippen LogP contribution in [-0.2, 0) is 19.1 Å². The number of nitrogens with zero attached hydrogens (tertiary/aromatic N) is 1. The molecule has 3 fully saturated rings. The lowest BCUT2D eigenvalue weighted by Crippen LogP contribution is -2.59. The Labute approximate surface area is 218 Å². The Balaban J connectivity index is 1.45. The molecule has 9 atom stereocenters. The molecule has 1 aromatic carbocycles. The van der Waals surface area contributed by atoms with Gasteiger partial charge in [-0.2, -0.15) is 0 Å². The van der Waals surface area contributed by atoms with Crippen LogP contribution in [0.25, 0.3) is 0 Å². The lowest BCUT2D eigenvalue weighted by molar-refractivity contribution is -0.144. The second kappa shape index (κ2) is 9.49. The van der Waals surface area contributed by atoms with E-state index >= 15 is 0 Å². The van der Waals surface area contributed by atoms with Crippen molar-refractivity contribution in [3.63, 3.8) is 0 Å². The standard InChI is InChI=1S/C28H36ClN3O4/c1-5-16(3)32-24(26(34)31-20-11-6-8-15(2)17(20)4)28-13-12-21(36-28)22(23(28)27(32)35)25(33)30-19-10-7-9-18(29)14-19/h7,9-10,12-17,20-24H,5-6,8,11H2,1-4H3,(H,30,33)(H,31,34). The Bertz CT molecular complexity index is 1090. The highest BCUT2D eigenvalue weighted by atomic mass is 35.5. The molecule has 4 aliphatic rings. The smallest absolute Gasteiger partial charge is 0.246 e. The summed E-state index contributed by atoms with van der Waals surface area (Å²) in [7, 11) is 0. The average molecular weight is 514 g/mol. The molecule has 36 heavy (non-hydrogen) atoms. The summed E-state index contributed by atoms with van der Waals surface area (Å²) < 4.78 is 6.42. The van der Waals surface area contributed by atoms with E-state index in [1.54, 1.807) is 29.2 Å². The van der Waals surface area contributed by atoms with Crippen LogP contribution < -0.4 is 10.6 Å². The molecule has 1 aliphatic carbocycles. The van der Waals surface area contributed by atoms with Gasteiger partial charge in [-0.15, -0.1) is 0 Å². The van der Waals surface area contributed by atoms with Crippen molar-refractivity contribution in [2.75, 3.05) is 5.32 Å². The van der Waals surface area contributed by atoms with E-state index in [1.807, 2.05) is 26.0 Å². The number of anilines is 1. The van der Waals surface area contributed by atoms with Gasteiger partial charge in [-0.1, -0.05) is 63.4 Å². The molecule has 3 heterocycles. The Morgan fingerprint density at radius 2 is 2.03 bits per heavy atom. The SMILES string of the molecule is CCC(C)N1C(=O)C2C(C(=O)Nc3cccc(Cl)c3)C3C=CC2(O3)C1C(=O)NC1CCCC(C)C1C. The molecule has 7 nitrogen and oxygen atoms in total. The zero-order valence-corrected chi connectivity index (χ0v) is 22.1. The van der Waals surface area contributed by atoms with Crippen molar-refractivity contribution in [1.82, 2.24) is 10.2 Å². The number of carbonyl (C=O) groups is 3. The zero-order chi connectivity index (χ0) is 25.8. The summed E-state index contributed by atoms with van der Waals surface area (Å²) in [5, 5.41) is 6.71. The number of likely N-dealkylation sites (tertiary alicyclic amines) is 1. The molecule has 8 heteroatoms. The van der Waals surface area contributed by atoms with Gasteiger partial charge >= 0.3 is 0 Å². The van der Waals surface area contributed by atoms with E-state index < -0.39 is 29.6 Å². The molecule has 194 valence electrons. The van der Waals surface area contributed by atoms with Crippen molar-refractivity contribution in [3.8, 4) is 0 Å². The van der Waals surface area contributed by atoms with Crippen LogP contribution in [0.15, 0.2) is 36.4 Å². The summed E-state index contributed by atoms with van der Waals surface area (Å²) in [6.45, 7) is 8.38. The number of ether oxygens (including phenoxy) is 1. The highest BCUT2D eigenvalue weighted by molar-refractivity contribution is 6.30. The van der Waals surface area contributed by atoms with Crippen LogP contribution in [0.3, 0.4) is 0 Å². The lowest BCUT2D eigenvalue weighted by atomic mass is 9.73. The fourth-order valence-corrected chi connectivity index (χ4v) is 6.91. The van der Waals surface area contributed by atoms with Crippen LogP contribution >= 0.6 is 11.6 Å². The summed E-state index contributed by atoms with van der Waals surface area (Å²) in [5.41, 5.74) is -0.581. The van der Waals surface area contributed by atoms with Gasteiger partial charge in [-0.3, -0.25) is 14.4 Å². The predicted molar refractivity (Wildman–Crippen MR) is 138 cm³/mol. The van der Waals surface area contributed by atoms with Gasteiger partial charge in [0, 0.05) is 22.8 Å². The number of hydrogen-bond donors (Lipinski definition) is 2. The van der Waals surface area contributed by atoms with Gasteiger partial charge in [0.25, 0.3) is 0 Å². The molecule has 2 bridgehead atoms. The molecule has 0 radical (unpaired) electrons. The molecular formula is C28H36ClN3O4. The first-order chi connectivity index (χ1) is 17.2. The minimum atomic E-state index is -1.14. The van der Waals surface area contributed by atoms with Crippen LogP contribution in [0.1, 0.15) is 53.4 Å². The van der Waals surface area contributed by atoms with E-state index in [9.17, 15) is 14.4 Å². The van der Waals surface area contributed by atoms with Crippen LogP contribution in [-0.4, -0.2) is 52.5 Å². The molecule has 9 unspecified atom stereocenters. The number of hydrogen-bond acceptors (Lipinski definition) is 4. The largest absolute Gasteiger partial charge is 0.359 e. The van der Waals surface area contributed by atoms with Gasteiger partial charge in [0.2, 0.25) is 17.7 Å². The van der Waals surface area contributed by atoms with E-state index in [4.69, 9.17) is 16.3 Å². The molecule has 2 saturated heterocycles. The number of rotatable bonds is 6. The fourth-order valence-electron chi connectivity index (χ4n) is 6.72. The molecule has 3 aliphatic heterocycles. The molecule has 2 N–H and O–H groups in total. The minimum Gasteiger partial charge on any atom is -0.359 e. The zero-order valence-electron chi connectivity index (χ0n) is 21.4. The predicted octanol–water partition coefficient (Wildman–Crippen LogP) is 4.17. The maximum atomic E-state index is 13.9. The van der Waals surface area contributed by atoms with Crippen molar-refractivity contribution in [2.24, 2.45) is 23.7 Å². The third-order valence-electron chi connectivity index (χ3n) is 9.06. The highest BCUT2D eigenvalue weighted by Crippen LogP contribution is 2.56. The van der Waals surface area contributed by atoms with Crippen LogP contribution in [0.4, 0.5) is 5.69 Å². The second-order valence-corrected chi connectivity index (χ2v) is 11.5. The molecule has 3 amide bonds. The minimum absolute atomic E-state index is 0.0649. The first-order valence-corrected chi connectivity index (χ1v) is 13.6. The van der Waals surface area contributed by atoms with Crippen molar-refractivity contribution < 1.29 is 19.1 Å². The molecule has 1 spiro atoms. The van der Waals surface area contributed by atoms with Gasteiger partial charge in [-0.05, 0) is 49.8 Å². The number of amides is 3. The Hall–Kier alpha value is -2.38. The summed E-state index contributed by atoms with van der Waals surface area (Å²) >= 11 is 6.09. The first kappa shape index (κ1) is 25.3. The highest BCUT2D eigenvalue weighted by Gasteiger charge is 2.73. The van der Waals surface area contributed by atoms with Crippen LogP contribution in [0, 0.1) is 23.7 Å². The first-order valence-electron chi connectivity index (χ1n) is 13.2. The monoisotopic (exact) mass is 513 g/mol. The van der Waals surface area contributed by atoms with Crippen molar-refractivity contribution in [2.45, 2.75) is 83.2 Å². The van der Waals surface area contributed by atoms with Gasteiger partial charge < -0.3 is 20.3 Å². The van der Waals surface area contributed by atoms with E-state index in [0.29, 0.717) is 29.0 Å². The van der Waals surface area contributed by atoms with E-state index in [2.05, 4.69) is 24.5 Å². The number of fused-ring (bicyclic) bond motifs is 1. The number of halogens is 1. The molecular weight excluding hydrogens is 478 g/mol. The normalized spacial score (nSPS) is 37.6. The van der Waals surface area contributed by atoms with Crippen molar-refractivity contribution >= 4 is 35.0 Å². The molecule has 5 rings (SSSR count). The number of benzene rings is 1. The quantitative estimate of drug-likeness (QED) is 0.559. The van der Waals surface area contributed by atoms with E-state index in [-0.39, 0.29) is 29.8 Å². The number of carbonyl (C=O) groups excluding carboxylic acids is 3. The molecule has 1 saturated carbocycles. The topological polar surface area (TPSA) is 87.7 Å². The van der Waals surface area contributed by atoms with Gasteiger partial charge in [-0.25, -0.2) is 0 Å². The fraction of sp³-hybridized carbons (Fsp3) is 0.607. The summed E-state index contributed by atoms with van der Waals surface area (Å²) in [6, 6.07) is 6.02. The second-order valence-electron chi connectivity index (χ2n) is 11.1. The maximum Gasteiger partial charge on any atom is 0.246 e.